The molecule has 5 nitrogen and oxygen atoms in total. The second-order valence-corrected chi connectivity index (χ2v) is 6.48. The molecule has 0 bridgehead atoms. The first-order valence-electron chi connectivity index (χ1n) is 7.80. The number of rotatable bonds is 3. The number of hydrazone groups is 1. The van der Waals surface area contributed by atoms with Crippen molar-refractivity contribution in [2.75, 3.05) is 5.32 Å². The molecular formula is C17H21N3O2. The minimum absolute atomic E-state index is 0.0464. The van der Waals surface area contributed by atoms with Gasteiger partial charge >= 0.3 is 0 Å². The van der Waals surface area contributed by atoms with Crippen molar-refractivity contribution in [1.29, 1.82) is 0 Å². The molecule has 1 atom stereocenters. The topological polar surface area (TPSA) is 70.6 Å². The number of benzene rings is 1. The summed E-state index contributed by atoms with van der Waals surface area (Å²) >= 11 is 0. The van der Waals surface area contributed by atoms with Crippen LogP contribution in [0.1, 0.15) is 38.7 Å². The highest BCUT2D eigenvalue weighted by atomic mass is 16.2. The van der Waals surface area contributed by atoms with Gasteiger partial charge in [-0.15, -0.1) is 0 Å². The Hall–Kier alpha value is -2.17. The van der Waals surface area contributed by atoms with Gasteiger partial charge in [0.1, 0.15) is 0 Å². The molecule has 22 heavy (non-hydrogen) atoms. The Labute approximate surface area is 130 Å². The monoisotopic (exact) mass is 299 g/mol. The van der Waals surface area contributed by atoms with Crippen LogP contribution < -0.4 is 10.7 Å². The number of hydrogen-bond acceptors (Lipinski definition) is 3. The van der Waals surface area contributed by atoms with Gasteiger partial charge in [-0.3, -0.25) is 9.59 Å². The average molecular weight is 299 g/mol. The summed E-state index contributed by atoms with van der Waals surface area (Å²) in [4.78, 5) is 23.3. The zero-order valence-corrected chi connectivity index (χ0v) is 12.9. The maximum atomic E-state index is 12.0. The first kappa shape index (κ1) is 14.8. The summed E-state index contributed by atoms with van der Waals surface area (Å²) in [7, 11) is 0. The molecule has 1 aliphatic heterocycles. The van der Waals surface area contributed by atoms with Crippen LogP contribution in [-0.4, -0.2) is 17.5 Å². The SMILES string of the molecule is CC1CC(C(=O)Nc2ccc(C3=NNC(=O)CC3C)cc2)C1. The molecule has 0 spiro atoms. The van der Waals surface area contributed by atoms with Gasteiger partial charge in [-0.25, -0.2) is 5.43 Å². The van der Waals surface area contributed by atoms with Gasteiger partial charge in [0.2, 0.25) is 11.8 Å². The van der Waals surface area contributed by atoms with Crippen molar-refractivity contribution < 1.29 is 9.59 Å². The third-order valence-electron chi connectivity index (χ3n) is 4.45. The molecule has 1 fully saturated rings. The molecule has 2 amide bonds. The molecular weight excluding hydrogens is 278 g/mol. The highest BCUT2D eigenvalue weighted by Gasteiger charge is 2.31. The second kappa shape index (κ2) is 5.91. The quantitative estimate of drug-likeness (QED) is 0.900. The van der Waals surface area contributed by atoms with Gasteiger partial charge in [0, 0.05) is 23.9 Å². The molecule has 1 unspecified atom stereocenters. The van der Waals surface area contributed by atoms with E-state index in [0.717, 1.165) is 29.8 Å². The maximum absolute atomic E-state index is 12.0. The van der Waals surface area contributed by atoms with E-state index in [1.165, 1.54) is 0 Å². The van der Waals surface area contributed by atoms with Crippen LogP contribution in [0.2, 0.25) is 0 Å². The van der Waals surface area contributed by atoms with Crippen LogP contribution in [0.3, 0.4) is 0 Å². The number of hydrogen-bond donors (Lipinski definition) is 2. The normalized spacial score (nSPS) is 27.5. The van der Waals surface area contributed by atoms with Gasteiger partial charge in [-0.1, -0.05) is 26.0 Å². The number of carbonyl (C=O) groups is 2. The molecule has 1 saturated carbocycles. The highest BCUT2D eigenvalue weighted by molar-refractivity contribution is 6.06. The molecule has 116 valence electrons. The minimum Gasteiger partial charge on any atom is -0.326 e. The smallest absolute Gasteiger partial charge is 0.240 e. The van der Waals surface area contributed by atoms with Crippen LogP contribution in [0.25, 0.3) is 0 Å². The second-order valence-electron chi connectivity index (χ2n) is 6.48. The van der Waals surface area contributed by atoms with Gasteiger partial charge in [0.15, 0.2) is 0 Å². The molecule has 3 rings (SSSR count). The summed E-state index contributed by atoms with van der Waals surface area (Å²) in [6, 6.07) is 7.65. The standard InChI is InChI=1S/C17H21N3O2/c1-10-7-13(8-10)17(22)18-14-5-3-12(4-6-14)16-11(2)9-15(21)19-20-16/h3-6,10-11,13H,7-9H2,1-2H3,(H,18,22)(H,19,21). The van der Waals surface area contributed by atoms with Crippen molar-refractivity contribution in [2.24, 2.45) is 22.9 Å². The first-order valence-corrected chi connectivity index (χ1v) is 7.80. The Kier molecular flexibility index (Phi) is 3.96. The Morgan fingerprint density at radius 2 is 1.91 bits per heavy atom. The molecule has 2 N–H and O–H groups in total. The lowest BCUT2D eigenvalue weighted by molar-refractivity contribution is -0.123. The summed E-state index contributed by atoms with van der Waals surface area (Å²) < 4.78 is 0. The van der Waals surface area contributed by atoms with Gasteiger partial charge < -0.3 is 5.32 Å². The van der Waals surface area contributed by atoms with Crippen molar-refractivity contribution >= 4 is 23.2 Å². The first-order chi connectivity index (χ1) is 10.5. The lowest BCUT2D eigenvalue weighted by Gasteiger charge is -2.31. The van der Waals surface area contributed by atoms with E-state index in [-0.39, 0.29) is 23.7 Å². The van der Waals surface area contributed by atoms with Crippen LogP contribution in [0.4, 0.5) is 5.69 Å². The van der Waals surface area contributed by atoms with E-state index >= 15 is 0 Å². The van der Waals surface area contributed by atoms with Gasteiger partial charge in [-0.2, -0.15) is 5.10 Å². The number of anilines is 1. The van der Waals surface area contributed by atoms with Crippen LogP contribution in [0.15, 0.2) is 29.4 Å². The fourth-order valence-electron chi connectivity index (χ4n) is 3.09. The Balaban J connectivity index is 1.65. The van der Waals surface area contributed by atoms with Crippen molar-refractivity contribution in [3.63, 3.8) is 0 Å². The Bertz CT molecular complexity index is 615. The van der Waals surface area contributed by atoms with Gasteiger partial charge in [0.05, 0.1) is 5.71 Å². The number of nitrogens with zero attached hydrogens (tertiary/aromatic N) is 1. The summed E-state index contributed by atoms with van der Waals surface area (Å²) in [6.45, 7) is 4.16. The predicted octanol–water partition coefficient (Wildman–Crippen LogP) is 2.53. The van der Waals surface area contributed by atoms with E-state index in [1.807, 2.05) is 31.2 Å². The van der Waals surface area contributed by atoms with E-state index in [2.05, 4.69) is 22.8 Å². The molecule has 1 aromatic carbocycles. The summed E-state index contributed by atoms with van der Waals surface area (Å²) in [6.07, 6.45) is 2.42. The van der Waals surface area contributed by atoms with Crippen LogP contribution >= 0.6 is 0 Å². The van der Waals surface area contributed by atoms with Crippen molar-refractivity contribution in [1.82, 2.24) is 5.43 Å². The largest absolute Gasteiger partial charge is 0.326 e. The molecule has 1 heterocycles. The molecule has 1 aliphatic carbocycles. The van der Waals surface area contributed by atoms with Crippen molar-refractivity contribution in [3.8, 4) is 0 Å². The van der Waals surface area contributed by atoms with Gasteiger partial charge in [-0.05, 0) is 36.5 Å². The fraction of sp³-hybridized carbons (Fsp3) is 0.471. The maximum Gasteiger partial charge on any atom is 0.240 e. The zero-order valence-electron chi connectivity index (χ0n) is 12.9. The lowest BCUT2D eigenvalue weighted by Crippen LogP contribution is -2.33. The van der Waals surface area contributed by atoms with Crippen LogP contribution in [0.5, 0.6) is 0 Å². The molecule has 0 aromatic heterocycles. The van der Waals surface area contributed by atoms with E-state index in [4.69, 9.17) is 0 Å². The third kappa shape index (κ3) is 3.03. The minimum atomic E-state index is -0.0464. The predicted molar refractivity (Wildman–Crippen MR) is 85.4 cm³/mol. The number of nitrogens with one attached hydrogen (secondary N) is 2. The summed E-state index contributed by atoms with van der Waals surface area (Å²) in [5.74, 6) is 0.994. The van der Waals surface area contributed by atoms with E-state index in [1.54, 1.807) is 0 Å². The number of amides is 2. The van der Waals surface area contributed by atoms with Crippen LogP contribution in [0, 0.1) is 17.8 Å². The van der Waals surface area contributed by atoms with Crippen molar-refractivity contribution in [3.05, 3.63) is 29.8 Å². The zero-order chi connectivity index (χ0) is 15.7. The van der Waals surface area contributed by atoms with Gasteiger partial charge in [0.25, 0.3) is 0 Å². The summed E-state index contributed by atoms with van der Waals surface area (Å²) in [5, 5.41) is 7.11. The van der Waals surface area contributed by atoms with E-state index in [9.17, 15) is 9.59 Å². The molecule has 5 heteroatoms. The van der Waals surface area contributed by atoms with Crippen molar-refractivity contribution in [2.45, 2.75) is 33.1 Å². The highest BCUT2D eigenvalue weighted by Crippen LogP contribution is 2.33. The molecule has 0 radical (unpaired) electrons. The molecule has 0 saturated heterocycles. The summed E-state index contributed by atoms with van der Waals surface area (Å²) in [5.41, 5.74) is 5.18. The lowest BCUT2D eigenvalue weighted by atomic mass is 9.75. The average Bonchev–Trinajstić information content (AvgIpc) is 2.45. The van der Waals surface area contributed by atoms with E-state index in [0.29, 0.717) is 12.3 Å². The molecule has 2 aliphatic rings. The fourth-order valence-corrected chi connectivity index (χ4v) is 3.09. The third-order valence-corrected chi connectivity index (χ3v) is 4.45. The Morgan fingerprint density at radius 1 is 1.23 bits per heavy atom. The number of carbonyl (C=O) groups excluding carboxylic acids is 2. The molecule has 1 aromatic rings. The van der Waals surface area contributed by atoms with E-state index < -0.39 is 0 Å². The van der Waals surface area contributed by atoms with Crippen LogP contribution in [-0.2, 0) is 9.59 Å². The Morgan fingerprint density at radius 3 is 2.50 bits per heavy atom.